The van der Waals surface area contributed by atoms with Crippen LogP contribution < -0.4 is 4.72 Å². The van der Waals surface area contributed by atoms with Crippen molar-refractivity contribution in [3.63, 3.8) is 0 Å². The van der Waals surface area contributed by atoms with Crippen molar-refractivity contribution < 1.29 is 13.2 Å². The molecule has 1 rings (SSSR count). The number of sulfonamides is 1. The summed E-state index contributed by atoms with van der Waals surface area (Å²) in [5.74, 6) is -0.0761. The summed E-state index contributed by atoms with van der Waals surface area (Å²) in [6, 6.07) is 4.67. The maximum absolute atomic E-state index is 11.1. The van der Waals surface area contributed by atoms with E-state index in [1.807, 2.05) is 0 Å². The Kier molecular flexibility index (Phi) is 3.51. The van der Waals surface area contributed by atoms with Gasteiger partial charge in [-0.2, -0.15) is 0 Å². The first kappa shape index (κ1) is 12.2. The molecule has 0 amide bonds. The van der Waals surface area contributed by atoms with Crippen LogP contribution in [0, 0.1) is 0 Å². The molecule has 0 aliphatic heterocycles. The van der Waals surface area contributed by atoms with Gasteiger partial charge in [0.2, 0.25) is 10.0 Å². The Morgan fingerprint density at radius 1 is 1.40 bits per heavy atom. The van der Waals surface area contributed by atoms with E-state index in [9.17, 15) is 13.2 Å². The predicted molar refractivity (Wildman–Crippen MR) is 62.6 cm³/mol. The van der Waals surface area contributed by atoms with E-state index in [0.29, 0.717) is 15.7 Å². The normalized spacial score (nSPS) is 11.1. The van der Waals surface area contributed by atoms with E-state index < -0.39 is 10.0 Å². The molecule has 0 aliphatic rings. The molecule has 0 radical (unpaired) electrons. The van der Waals surface area contributed by atoms with E-state index in [0.717, 1.165) is 6.26 Å². The second-order valence-corrected chi connectivity index (χ2v) is 5.73. The number of nitrogens with one attached hydrogen (secondary N) is 1. The molecule has 0 aliphatic carbocycles. The molecule has 1 N–H and O–H groups in total. The summed E-state index contributed by atoms with van der Waals surface area (Å²) >= 11 is 3.20. The van der Waals surface area contributed by atoms with Gasteiger partial charge in [0.1, 0.15) is 0 Å². The molecule has 6 heteroatoms. The quantitative estimate of drug-likeness (QED) is 0.867. The Balaban J connectivity index is 3.07. The fraction of sp³-hybridized carbons (Fsp3) is 0.222. The molecular weight excluding hydrogens is 282 g/mol. The molecule has 0 aromatic heterocycles. The Hall–Kier alpha value is -0.880. The first-order chi connectivity index (χ1) is 6.79. The lowest BCUT2D eigenvalue weighted by Crippen LogP contribution is -2.09. The highest BCUT2D eigenvalue weighted by atomic mass is 79.9. The summed E-state index contributed by atoms with van der Waals surface area (Å²) in [6.45, 7) is 1.45. The van der Waals surface area contributed by atoms with Crippen molar-refractivity contribution in [2.75, 3.05) is 11.0 Å². The first-order valence-electron chi connectivity index (χ1n) is 4.08. The van der Waals surface area contributed by atoms with Crippen molar-refractivity contribution in [2.24, 2.45) is 0 Å². The van der Waals surface area contributed by atoms with Gasteiger partial charge in [-0.05, 0) is 41.1 Å². The van der Waals surface area contributed by atoms with Crippen LogP contribution in [0.5, 0.6) is 0 Å². The monoisotopic (exact) mass is 291 g/mol. The molecule has 0 saturated carbocycles. The van der Waals surface area contributed by atoms with Crippen molar-refractivity contribution in [1.29, 1.82) is 0 Å². The maximum atomic E-state index is 11.1. The highest BCUT2D eigenvalue weighted by Crippen LogP contribution is 2.22. The highest BCUT2D eigenvalue weighted by molar-refractivity contribution is 9.10. The second-order valence-electron chi connectivity index (χ2n) is 3.13. The number of benzene rings is 1. The average Bonchev–Trinajstić information content (AvgIpc) is 1.99. The number of anilines is 1. The van der Waals surface area contributed by atoms with Gasteiger partial charge in [0.05, 0.1) is 6.26 Å². The number of halogens is 1. The maximum Gasteiger partial charge on any atom is 0.229 e. The molecule has 1 aromatic rings. The number of rotatable bonds is 3. The summed E-state index contributed by atoms with van der Waals surface area (Å²) in [5.41, 5.74) is 0.948. The third-order valence-corrected chi connectivity index (χ3v) is 2.91. The lowest BCUT2D eigenvalue weighted by atomic mass is 10.1. The van der Waals surface area contributed by atoms with Crippen molar-refractivity contribution in [1.82, 2.24) is 0 Å². The van der Waals surface area contributed by atoms with Crippen LogP contribution in [-0.2, 0) is 10.0 Å². The van der Waals surface area contributed by atoms with Gasteiger partial charge in [-0.15, -0.1) is 0 Å². The van der Waals surface area contributed by atoms with Crippen LogP contribution in [-0.4, -0.2) is 20.5 Å². The number of hydrogen-bond donors (Lipinski definition) is 1. The first-order valence-corrected chi connectivity index (χ1v) is 6.76. The zero-order valence-electron chi connectivity index (χ0n) is 8.24. The van der Waals surface area contributed by atoms with Gasteiger partial charge in [-0.25, -0.2) is 8.42 Å². The third kappa shape index (κ3) is 3.64. The van der Waals surface area contributed by atoms with Gasteiger partial charge < -0.3 is 0 Å². The molecule has 0 heterocycles. The molecule has 0 fully saturated rings. The molecule has 4 nitrogen and oxygen atoms in total. The molecular formula is C9H10BrNO3S. The van der Waals surface area contributed by atoms with E-state index in [2.05, 4.69) is 20.7 Å². The van der Waals surface area contributed by atoms with Gasteiger partial charge >= 0.3 is 0 Å². The van der Waals surface area contributed by atoms with Crippen LogP contribution >= 0.6 is 15.9 Å². The second kappa shape index (κ2) is 4.32. The van der Waals surface area contributed by atoms with Gasteiger partial charge in [0, 0.05) is 15.7 Å². The molecule has 0 unspecified atom stereocenters. The molecule has 1 aromatic carbocycles. The summed E-state index contributed by atoms with van der Waals surface area (Å²) in [7, 11) is -3.28. The van der Waals surface area contributed by atoms with Crippen LogP contribution in [0.25, 0.3) is 0 Å². The number of carbonyl (C=O) groups excluding carboxylic acids is 1. The van der Waals surface area contributed by atoms with Crippen LogP contribution in [0.1, 0.15) is 17.3 Å². The van der Waals surface area contributed by atoms with Crippen molar-refractivity contribution in [3.05, 3.63) is 28.2 Å². The van der Waals surface area contributed by atoms with Crippen molar-refractivity contribution in [3.8, 4) is 0 Å². The Labute approximate surface area is 96.9 Å². The summed E-state index contributed by atoms with van der Waals surface area (Å²) in [5, 5.41) is 0. The standard InChI is InChI=1S/C9H10BrNO3S/c1-6(12)8-4-3-7(5-9(8)10)11-15(2,13)14/h3-5,11H,1-2H3. The van der Waals surface area contributed by atoms with Crippen LogP contribution in [0.2, 0.25) is 0 Å². The lowest BCUT2D eigenvalue weighted by Gasteiger charge is -2.06. The fourth-order valence-electron chi connectivity index (χ4n) is 1.08. The molecule has 0 atom stereocenters. The Bertz CT molecular complexity index is 496. The van der Waals surface area contributed by atoms with Crippen molar-refractivity contribution >= 4 is 37.4 Å². The summed E-state index contributed by atoms with van der Waals surface area (Å²) in [4.78, 5) is 11.1. The number of carbonyl (C=O) groups is 1. The Morgan fingerprint density at radius 2 is 2.00 bits per heavy atom. The minimum Gasteiger partial charge on any atom is -0.294 e. The molecule has 0 spiro atoms. The van der Waals surface area contributed by atoms with Crippen LogP contribution in [0.15, 0.2) is 22.7 Å². The average molecular weight is 292 g/mol. The summed E-state index contributed by atoms with van der Waals surface area (Å²) < 4.78 is 24.8. The molecule has 82 valence electrons. The SMILES string of the molecule is CC(=O)c1ccc(NS(C)(=O)=O)cc1Br. The topological polar surface area (TPSA) is 63.2 Å². The highest BCUT2D eigenvalue weighted by Gasteiger charge is 2.07. The van der Waals surface area contributed by atoms with Gasteiger partial charge in [0.25, 0.3) is 0 Å². The molecule has 0 bridgehead atoms. The largest absolute Gasteiger partial charge is 0.294 e. The lowest BCUT2D eigenvalue weighted by molar-refractivity contribution is 0.101. The fourth-order valence-corrected chi connectivity index (χ4v) is 2.29. The minimum atomic E-state index is -3.28. The zero-order chi connectivity index (χ0) is 11.6. The predicted octanol–water partition coefficient (Wildman–Crippen LogP) is 2.02. The van der Waals surface area contributed by atoms with Gasteiger partial charge in [-0.3, -0.25) is 9.52 Å². The van der Waals surface area contributed by atoms with E-state index in [-0.39, 0.29) is 5.78 Å². The zero-order valence-corrected chi connectivity index (χ0v) is 10.6. The van der Waals surface area contributed by atoms with E-state index in [4.69, 9.17) is 0 Å². The van der Waals surface area contributed by atoms with E-state index in [1.54, 1.807) is 18.2 Å². The van der Waals surface area contributed by atoms with E-state index in [1.165, 1.54) is 6.92 Å². The third-order valence-electron chi connectivity index (χ3n) is 1.65. The van der Waals surface area contributed by atoms with Gasteiger partial charge in [0.15, 0.2) is 5.78 Å². The number of ketones is 1. The van der Waals surface area contributed by atoms with Crippen LogP contribution in [0.3, 0.4) is 0 Å². The summed E-state index contributed by atoms with van der Waals surface area (Å²) in [6.07, 6.45) is 1.07. The Morgan fingerprint density at radius 3 is 2.40 bits per heavy atom. The van der Waals surface area contributed by atoms with Crippen LogP contribution in [0.4, 0.5) is 5.69 Å². The number of Topliss-reactive ketones (excluding diaryl/α,β-unsaturated/α-hetero) is 1. The minimum absolute atomic E-state index is 0.0761. The molecule has 0 saturated heterocycles. The van der Waals surface area contributed by atoms with Crippen molar-refractivity contribution in [2.45, 2.75) is 6.92 Å². The van der Waals surface area contributed by atoms with Gasteiger partial charge in [-0.1, -0.05) is 0 Å². The van der Waals surface area contributed by atoms with E-state index >= 15 is 0 Å². The number of hydrogen-bond acceptors (Lipinski definition) is 3. The smallest absolute Gasteiger partial charge is 0.229 e. The molecule has 15 heavy (non-hydrogen) atoms.